The van der Waals surface area contributed by atoms with Gasteiger partial charge in [-0.1, -0.05) is 47.5 Å². The average Bonchev–Trinajstić information content (AvgIpc) is 3.14. The summed E-state index contributed by atoms with van der Waals surface area (Å²) in [5.74, 6) is 0.124. The van der Waals surface area contributed by atoms with Crippen LogP contribution in [-0.4, -0.2) is 17.0 Å². The van der Waals surface area contributed by atoms with Gasteiger partial charge < -0.3 is 10.1 Å². The molecule has 1 heterocycles. The number of thiazole rings is 1. The van der Waals surface area contributed by atoms with Crippen molar-refractivity contribution in [1.82, 2.24) is 4.98 Å². The van der Waals surface area contributed by atoms with Gasteiger partial charge in [-0.05, 0) is 49.4 Å². The number of nitrogens with zero attached hydrogens (tertiary/aromatic N) is 1. The van der Waals surface area contributed by atoms with Gasteiger partial charge >= 0.3 is 0 Å². The van der Waals surface area contributed by atoms with Crippen LogP contribution in [0.25, 0.3) is 20.8 Å². The SMILES string of the molecule is CC(Oc1ccc(Cl)cc1Cl)C(=O)Nc1cccc(-c2nc3ccccc3s2)c1. The topological polar surface area (TPSA) is 51.2 Å². The zero-order valence-electron chi connectivity index (χ0n) is 15.4. The van der Waals surface area contributed by atoms with Gasteiger partial charge in [0, 0.05) is 16.3 Å². The van der Waals surface area contributed by atoms with E-state index in [-0.39, 0.29) is 5.91 Å². The fraction of sp³-hybridized carbons (Fsp3) is 0.0909. The number of benzene rings is 3. The summed E-state index contributed by atoms with van der Waals surface area (Å²) in [6, 6.07) is 20.5. The number of fused-ring (bicyclic) bond motifs is 1. The smallest absolute Gasteiger partial charge is 0.265 e. The Morgan fingerprint density at radius 1 is 1.07 bits per heavy atom. The number of carbonyl (C=O) groups excluding carboxylic acids is 1. The van der Waals surface area contributed by atoms with E-state index >= 15 is 0 Å². The van der Waals surface area contributed by atoms with Gasteiger partial charge in [0.25, 0.3) is 5.91 Å². The van der Waals surface area contributed by atoms with Gasteiger partial charge in [0.2, 0.25) is 0 Å². The van der Waals surface area contributed by atoms with Crippen molar-refractivity contribution in [3.63, 3.8) is 0 Å². The van der Waals surface area contributed by atoms with E-state index in [1.165, 1.54) is 0 Å². The zero-order valence-corrected chi connectivity index (χ0v) is 17.7. The minimum absolute atomic E-state index is 0.280. The highest BCUT2D eigenvalue weighted by atomic mass is 35.5. The van der Waals surface area contributed by atoms with E-state index in [1.807, 2.05) is 48.5 Å². The number of halogens is 2. The molecule has 1 amide bonds. The lowest BCUT2D eigenvalue weighted by Gasteiger charge is -2.16. The second-order valence-corrected chi connectivity index (χ2v) is 8.27. The first kappa shape index (κ1) is 19.7. The predicted octanol–water partition coefficient (Wildman–Crippen LogP) is 6.68. The first-order valence-electron chi connectivity index (χ1n) is 8.88. The minimum Gasteiger partial charge on any atom is -0.479 e. The second-order valence-electron chi connectivity index (χ2n) is 6.39. The van der Waals surface area contributed by atoms with Crippen molar-refractivity contribution in [1.29, 1.82) is 0 Å². The number of aromatic nitrogens is 1. The minimum atomic E-state index is -0.736. The number of rotatable bonds is 5. The Bertz CT molecular complexity index is 1160. The Labute approximate surface area is 182 Å². The molecule has 4 nitrogen and oxygen atoms in total. The van der Waals surface area contributed by atoms with Crippen molar-refractivity contribution in [3.05, 3.63) is 76.8 Å². The van der Waals surface area contributed by atoms with Gasteiger partial charge in [0.1, 0.15) is 10.8 Å². The molecule has 146 valence electrons. The molecule has 0 bridgehead atoms. The Hall–Kier alpha value is -2.60. The molecule has 0 fully saturated rings. The number of ether oxygens (including phenoxy) is 1. The highest BCUT2D eigenvalue weighted by molar-refractivity contribution is 7.21. The third-order valence-electron chi connectivity index (χ3n) is 4.24. The molecular formula is C22H16Cl2N2O2S. The van der Waals surface area contributed by atoms with Gasteiger partial charge in [-0.15, -0.1) is 11.3 Å². The molecule has 1 atom stereocenters. The van der Waals surface area contributed by atoms with E-state index in [0.29, 0.717) is 21.5 Å². The van der Waals surface area contributed by atoms with Crippen LogP contribution in [0.15, 0.2) is 66.7 Å². The Kier molecular flexibility index (Phi) is 5.72. The maximum Gasteiger partial charge on any atom is 0.265 e. The number of nitrogens with one attached hydrogen (secondary N) is 1. The standard InChI is InChI=1S/C22H16Cl2N2O2S/c1-13(28-19-10-9-15(23)12-17(19)24)21(27)25-16-6-4-5-14(11-16)22-26-18-7-2-3-8-20(18)29-22/h2-13H,1H3,(H,25,27). The maximum atomic E-state index is 12.6. The highest BCUT2D eigenvalue weighted by Gasteiger charge is 2.17. The molecule has 0 aliphatic heterocycles. The third kappa shape index (κ3) is 4.53. The van der Waals surface area contributed by atoms with Gasteiger partial charge in [-0.25, -0.2) is 4.98 Å². The summed E-state index contributed by atoms with van der Waals surface area (Å²) < 4.78 is 6.80. The quantitative estimate of drug-likeness (QED) is 0.375. The summed E-state index contributed by atoms with van der Waals surface area (Å²) in [6.07, 6.45) is -0.736. The molecule has 0 saturated carbocycles. The molecule has 0 saturated heterocycles. The first-order valence-corrected chi connectivity index (χ1v) is 10.5. The summed E-state index contributed by atoms with van der Waals surface area (Å²) >= 11 is 13.6. The lowest BCUT2D eigenvalue weighted by molar-refractivity contribution is -0.122. The molecule has 0 aliphatic carbocycles. The van der Waals surface area contributed by atoms with E-state index in [1.54, 1.807) is 36.5 Å². The number of hydrogen-bond donors (Lipinski definition) is 1. The molecule has 4 rings (SSSR count). The van der Waals surface area contributed by atoms with Crippen molar-refractivity contribution < 1.29 is 9.53 Å². The van der Waals surface area contributed by atoms with E-state index in [2.05, 4.69) is 10.3 Å². The molecule has 1 aromatic heterocycles. The van der Waals surface area contributed by atoms with Crippen LogP contribution >= 0.6 is 34.5 Å². The van der Waals surface area contributed by atoms with Gasteiger partial charge in [-0.3, -0.25) is 4.79 Å². The number of anilines is 1. The zero-order chi connectivity index (χ0) is 20.4. The van der Waals surface area contributed by atoms with Crippen molar-refractivity contribution in [3.8, 4) is 16.3 Å². The van der Waals surface area contributed by atoms with Crippen LogP contribution in [0.5, 0.6) is 5.75 Å². The Morgan fingerprint density at radius 3 is 2.69 bits per heavy atom. The average molecular weight is 443 g/mol. The van der Waals surface area contributed by atoms with Gasteiger partial charge in [-0.2, -0.15) is 0 Å². The Balaban J connectivity index is 1.49. The molecule has 0 radical (unpaired) electrons. The summed E-state index contributed by atoms with van der Waals surface area (Å²) in [6.45, 7) is 1.66. The van der Waals surface area contributed by atoms with Crippen molar-refractivity contribution in [2.75, 3.05) is 5.32 Å². The normalized spacial score (nSPS) is 12.0. The number of para-hydroxylation sites is 1. The molecule has 0 aliphatic rings. The molecular weight excluding hydrogens is 427 g/mol. The molecule has 1 N–H and O–H groups in total. The van der Waals surface area contributed by atoms with E-state index in [0.717, 1.165) is 20.8 Å². The number of amides is 1. The van der Waals surface area contributed by atoms with Crippen LogP contribution in [0.3, 0.4) is 0 Å². The summed E-state index contributed by atoms with van der Waals surface area (Å²) in [5, 5.41) is 4.64. The predicted molar refractivity (Wildman–Crippen MR) is 120 cm³/mol. The second kappa shape index (κ2) is 8.41. The number of carbonyl (C=O) groups is 1. The van der Waals surface area contributed by atoms with Crippen LogP contribution < -0.4 is 10.1 Å². The van der Waals surface area contributed by atoms with E-state index < -0.39 is 6.10 Å². The van der Waals surface area contributed by atoms with Crippen molar-refractivity contribution >= 4 is 56.3 Å². The lowest BCUT2D eigenvalue weighted by Crippen LogP contribution is -2.30. The highest BCUT2D eigenvalue weighted by Crippen LogP contribution is 2.31. The van der Waals surface area contributed by atoms with Crippen LogP contribution in [0.4, 0.5) is 5.69 Å². The molecule has 0 spiro atoms. The summed E-state index contributed by atoms with van der Waals surface area (Å²) in [7, 11) is 0. The largest absolute Gasteiger partial charge is 0.479 e. The monoisotopic (exact) mass is 442 g/mol. The third-order valence-corrected chi connectivity index (χ3v) is 5.85. The summed E-state index contributed by atoms with van der Waals surface area (Å²) in [5.41, 5.74) is 2.58. The van der Waals surface area contributed by atoms with Crippen LogP contribution in [0.1, 0.15) is 6.92 Å². The molecule has 1 unspecified atom stereocenters. The van der Waals surface area contributed by atoms with E-state index in [9.17, 15) is 4.79 Å². The Morgan fingerprint density at radius 2 is 1.90 bits per heavy atom. The van der Waals surface area contributed by atoms with Crippen LogP contribution in [0, 0.1) is 0 Å². The lowest BCUT2D eigenvalue weighted by atomic mass is 10.2. The molecule has 7 heteroatoms. The van der Waals surface area contributed by atoms with Crippen molar-refractivity contribution in [2.24, 2.45) is 0 Å². The van der Waals surface area contributed by atoms with Crippen LogP contribution in [0.2, 0.25) is 10.0 Å². The molecule has 29 heavy (non-hydrogen) atoms. The van der Waals surface area contributed by atoms with Crippen LogP contribution in [-0.2, 0) is 4.79 Å². The maximum absolute atomic E-state index is 12.6. The van der Waals surface area contributed by atoms with Gasteiger partial charge in [0.05, 0.1) is 15.2 Å². The number of hydrogen-bond acceptors (Lipinski definition) is 4. The fourth-order valence-electron chi connectivity index (χ4n) is 2.78. The first-order chi connectivity index (χ1) is 14.0. The molecule has 4 aromatic rings. The van der Waals surface area contributed by atoms with E-state index in [4.69, 9.17) is 27.9 Å². The summed E-state index contributed by atoms with van der Waals surface area (Å²) in [4.78, 5) is 17.2. The van der Waals surface area contributed by atoms with Crippen molar-refractivity contribution in [2.45, 2.75) is 13.0 Å². The van der Waals surface area contributed by atoms with Gasteiger partial charge in [0.15, 0.2) is 6.10 Å². The molecule has 3 aromatic carbocycles. The fourth-order valence-corrected chi connectivity index (χ4v) is 4.20.